The van der Waals surface area contributed by atoms with E-state index in [1.54, 1.807) is 0 Å². The fraction of sp³-hybridized carbons (Fsp3) is 1.00. The van der Waals surface area contributed by atoms with Crippen LogP contribution < -0.4 is 0 Å². The third-order valence-corrected chi connectivity index (χ3v) is 3.55. The van der Waals surface area contributed by atoms with E-state index in [-0.39, 0.29) is 11.6 Å². The van der Waals surface area contributed by atoms with E-state index in [1.165, 1.54) is 25.7 Å². The minimum absolute atomic E-state index is 0.102. The standard InChI is InChI=1S/C10H17BO/c1-7(11)12-10(2)6-8-3-4-9(10)5-8/h7-9H,3-6H2,1-2H3. The van der Waals surface area contributed by atoms with Crippen molar-refractivity contribution in [2.45, 2.75) is 51.1 Å². The van der Waals surface area contributed by atoms with Crippen molar-refractivity contribution in [1.82, 2.24) is 0 Å². The molecule has 2 rings (SSSR count). The maximum atomic E-state index is 5.81. The SMILES string of the molecule is [B]C(C)OC1(C)CC2CCC1C2. The van der Waals surface area contributed by atoms with Crippen LogP contribution in [0.25, 0.3) is 0 Å². The molecule has 0 saturated heterocycles. The van der Waals surface area contributed by atoms with Gasteiger partial charge in [-0.05, 0) is 51.4 Å². The molecular weight excluding hydrogens is 147 g/mol. The van der Waals surface area contributed by atoms with Gasteiger partial charge in [0.1, 0.15) is 7.85 Å². The molecule has 4 atom stereocenters. The maximum absolute atomic E-state index is 5.81. The summed E-state index contributed by atoms with van der Waals surface area (Å²) in [6.07, 6.45) is 5.39. The monoisotopic (exact) mass is 164 g/mol. The smallest absolute Gasteiger partial charge is 0.108 e. The summed E-state index contributed by atoms with van der Waals surface area (Å²) >= 11 is 0. The van der Waals surface area contributed by atoms with Crippen molar-refractivity contribution in [3.63, 3.8) is 0 Å². The predicted octanol–water partition coefficient (Wildman–Crippen LogP) is 2.10. The molecule has 0 aromatic carbocycles. The van der Waals surface area contributed by atoms with Gasteiger partial charge in [0.15, 0.2) is 0 Å². The molecule has 66 valence electrons. The van der Waals surface area contributed by atoms with Gasteiger partial charge in [-0.25, -0.2) is 0 Å². The normalized spacial score (nSPS) is 48.2. The summed E-state index contributed by atoms with van der Waals surface area (Å²) in [7, 11) is 5.67. The highest BCUT2D eigenvalue weighted by Crippen LogP contribution is 2.52. The highest BCUT2D eigenvalue weighted by molar-refractivity contribution is 6.10. The summed E-state index contributed by atoms with van der Waals surface area (Å²) < 4.78 is 5.81. The Morgan fingerprint density at radius 2 is 2.25 bits per heavy atom. The Hall–Kier alpha value is 0.0249. The molecule has 0 N–H and O–H groups in total. The maximum Gasteiger partial charge on any atom is 0.108 e. The largest absolute Gasteiger partial charge is 0.382 e. The third-order valence-electron chi connectivity index (χ3n) is 3.55. The number of fused-ring (bicyclic) bond motifs is 2. The molecule has 0 aromatic rings. The lowest BCUT2D eigenvalue weighted by Crippen LogP contribution is -2.38. The summed E-state index contributed by atoms with van der Waals surface area (Å²) in [6.45, 7) is 4.16. The zero-order chi connectivity index (χ0) is 8.77. The van der Waals surface area contributed by atoms with E-state index in [1.807, 2.05) is 6.92 Å². The van der Waals surface area contributed by atoms with Gasteiger partial charge in [0.05, 0.1) is 5.60 Å². The lowest BCUT2D eigenvalue weighted by molar-refractivity contribution is -0.0794. The van der Waals surface area contributed by atoms with E-state index >= 15 is 0 Å². The van der Waals surface area contributed by atoms with Crippen LogP contribution in [0.4, 0.5) is 0 Å². The zero-order valence-corrected chi connectivity index (χ0v) is 8.05. The van der Waals surface area contributed by atoms with Gasteiger partial charge in [0.25, 0.3) is 0 Å². The van der Waals surface area contributed by atoms with Crippen LogP contribution >= 0.6 is 0 Å². The van der Waals surface area contributed by atoms with Crippen molar-refractivity contribution >= 4 is 7.85 Å². The highest BCUT2D eigenvalue weighted by Gasteiger charge is 2.48. The molecule has 2 radical (unpaired) electrons. The molecule has 2 fully saturated rings. The second-order valence-corrected chi connectivity index (χ2v) is 4.72. The number of ether oxygens (including phenoxy) is 1. The number of hydrogen-bond acceptors (Lipinski definition) is 1. The highest BCUT2D eigenvalue weighted by atomic mass is 16.5. The Morgan fingerprint density at radius 1 is 1.50 bits per heavy atom. The van der Waals surface area contributed by atoms with Crippen molar-refractivity contribution < 1.29 is 4.74 Å². The van der Waals surface area contributed by atoms with Crippen molar-refractivity contribution in [2.24, 2.45) is 11.8 Å². The molecule has 1 nitrogen and oxygen atoms in total. The topological polar surface area (TPSA) is 9.23 Å². The fourth-order valence-corrected chi connectivity index (χ4v) is 3.12. The third kappa shape index (κ3) is 1.30. The van der Waals surface area contributed by atoms with Crippen molar-refractivity contribution in [2.75, 3.05) is 0 Å². The quantitative estimate of drug-likeness (QED) is 0.568. The molecule has 0 aliphatic heterocycles. The second kappa shape index (κ2) is 2.76. The van der Waals surface area contributed by atoms with Gasteiger partial charge >= 0.3 is 0 Å². The van der Waals surface area contributed by atoms with E-state index in [2.05, 4.69) is 6.92 Å². The van der Waals surface area contributed by atoms with Crippen LogP contribution in [0.5, 0.6) is 0 Å². The van der Waals surface area contributed by atoms with E-state index < -0.39 is 0 Å². The Morgan fingerprint density at radius 3 is 2.67 bits per heavy atom. The Kier molecular flexibility index (Phi) is 1.98. The average molecular weight is 164 g/mol. The predicted molar refractivity (Wildman–Crippen MR) is 50.2 cm³/mol. The van der Waals surface area contributed by atoms with Crippen LogP contribution in [-0.2, 0) is 4.74 Å². The lowest BCUT2D eigenvalue weighted by atomic mass is 9.85. The Labute approximate surface area is 76.3 Å². The molecule has 12 heavy (non-hydrogen) atoms. The van der Waals surface area contributed by atoms with Crippen molar-refractivity contribution in [3.05, 3.63) is 0 Å². The van der Waals surface area contributed by atoms with Crippen LogP contribution in [0, 0.1) is 11.8 Å². The second-order valence-electron chi connectivity index (χ2n) is 4.72. The van der Waals surface area contributed by atoms with Gasteiger partial charge in [-0.2, -0.15) is 0 Å². The van der Waals surface area contributed by atoms with Crippen molar-refractivity contribution in [1.29, 1.82) is 0 Å². The molecule has 2 aliphatic rings. The Bertz CT molecular complexity index is 181. The molecular formula is C10H17BO. The van der Waals surface area contributed by atoms with E-state index in [4.69, 9.17) is 12.6 Å². The first kappa shape index (κ1) is 8.62. The van der Waals surface area contributed by atoms with E-state index in [0.29, 0.717) is 0 Å². The van der Waals surface area contributed by atoms with Crippen LogP contribution in [0.2, 0.25) is 0 Å². The molecule has 4 unspecified atom stereocenters. The van der Waals surface area contributed by atoms with Gasteiger partial charge in [-0.1, -0.05) is 0 Å². The first-order valence-corrected chi connectivity index (χ1v) is 5.03. The van der Waals surface area contributed by atoms with E-state index in [0.717, 1.165) is 11.8 Å². The summed E-state index contributed by atoms with van der Waals surface area (Å²) in [4.78, 5) is 0. The van der Waals surface area contributed by atoms with Gasteiger partial charge in [0.2, 0.25) is 0 Å². The van der Waals surface area contributed by atoms with Crippen molar-refractivity contribution in [3.8, 4) is 0 Å². The minimum atomic E-state index is -0.102. The molecule has 0 amide bonds. The fourth-order valence-electron chi connectivity index (χ4n) is 3.12. The molecule has 2 aliphatic carbocycles. The van der Waals surface area contributed by atoms with Gasteiger partial charge in [0, 0.05) is 6.00 Å². The van der Waals surface area contributed by atoms with Crippen LogP contribution in [-0.4, -0.2) is 19.5 Å². The van der Waals surface area contributed by atoms with E-state index in [9.17, 15) is 0 Å². The molecule has 0 heterocycles. The molecule has 2 bridgehead atoms. The average Bonchev–Trinajstić information content (AvgIpc) is 2.42. The lowest BCUT2D eigenvalue weighted by Gasteiger charge is -2.36. The summed E-state index contributed by atoms with van der Waals surface area (Å²) in [5, 5.41) is 0. The number of hydrogen-bond donors (Lipinski definition) is 0. The van der Waals surface area contributed by atoms with Crippen LogP contribution in [0.1, 0.15) is 39.5 Å². The Balaban J connectivity index is 2.03. The van der Waals surface area contributed by atoms with Gasteiger partial charge < -0.3 is 4.74 Å². The van der Waals surface area contributed by atoms with Gasteiger partial charge in [-0.3, -0.25) is 0 Å². The first-order valence-electron chi connectivity index (χ1n) is 5.03. The molecule has 0 aromatic heterocycles. The summed E-state index contributed by atoms with van der Waals surface area (Å²) in [5.41, 5.74) is 0.108. The summed E-state index contributed by atoms with van der Waals surface area (Å²) in [6, 6.07) is -0.102. The summed E-state index contributed by atoms with van der Waals surface area (Å²) in [5.74, 6) is 1.72. The zero-order valence-electron chi connectivity index (χ0n) is 8.05. The molecule has 0 spiro atoms. The van der Waals surface area contributed by atoms with Crippen LogP contribution in [0.3, 0.4) is 0 Å². The van der Waals surface area contributed by atoms with Gasteiger partial charge in [-0.15, -0.1) is 0 Å². The molecule has 2 saturated carbocycles. The first-order chi connectivity index (χ1) is 5.60. The van der Waals surface area contributed by atoms with Crippen LogP contribution in [0.15, 0.2) is 0 Å². The number of rotatable bonds is 2. The minimum Gasteiger partial charge on any atom is -0.382 e. The molecule has 2 heteroatoms.